The fourth-order valence-corrected chi connectivity index (χ4v) is 9.64. The van der Waals surface area contributed by atoms with Crippen LogP contribution < -0.4 is 0 Å². The average Bonchev–Trinajstić information content (AvgIpc) is 3.59. The summed E-state index contributed by atoms with van der Waals surface area (Å²) in [5.41, 5.74) is 13.7. The molecule has 0 bridgehead atoms. The van der Waals surface area contributed by atoms with Crippen LogP contribution in [0.5, 0.6) is 0 Å². The van der Waals surface area contributed by atoms with E-state index < -0.39 is 0 Å². The molecular weight excluding hydrogens is 691 g/mol. The zero-order chi connectivity index (χ0) is 38.5. The molecular formula is C54H41N3. The molecule has 0 radical (unpaired) electrons. The van der Waals surface area contributed by atoms with Crippen molar-refractivity contribution in [2.45, 2.75) is 38.5 Å². The van der Waals surface area contributed by atoms with Crippen LogP contribution in [0.4, 0.5) is 0 Å². The SMILES string of the molecule is CC1(C)c2ccc3ccccc3c2-c2ccc3c4ccccc4n(-c4ccc(-c5cc(-c6ccccc6)nc(-c6ccccc6)n5)c5ccccc45)c3c2C1(C)C. The summed E-state index contributed by atoms with van der Waals surface area (Å²) in [7, 11) is 0. The van der Waals surface area contributed by atoms with Gasteiger partial charge in [-0.15, -0.1) is 0 Å². The van der Waals surface area contributed by atoms with Crippen molar-refractivity contribution in [1.82, 2.24) is 14.5 Å². The average molecular weight is 732 g/mol. The van der Waals surface area contributed by atoms with Gasteiger partial charge in [0.1, 0.15) is 0 Å². The van der Waals surface area contributed by atoms with Crippen molar-refractivity contribution in [3.05, 3.63) is 187 Å². The van der Waals surface area contributed by atoms with Crippen LogP contribution in [-0.2, 0) is 10.8 Å². The molecule has 11 rings (SSSR count). The minimum Gasteiger partial charge on any atom is -0.308 e. The van der Waals surface area contributed by atoms with Crippen molar-refractivity contribution >= 4 is 43.4 Å². The highest BCUT2D eigenvalue weighted by Crippen LogP contribution is 2.58. The third-order valence-electron chi connectivity index (χ3n) is 13.1. The summed E-state index contributed by atoms with van der Waals surface area (Å²) in [5, 5.41) is 7.45. The highest BCUT2D eigenvalue weighted by atomic mass is 15.0. The van der Waals surface area contributed by atoms with E-state index in [2.05, 4.69) is 184 Å². The molecule has 0 fully saturated rings. The number of hydrogen-bond acceptors (Lipinski definition) is 2. The lowest BCUT2D eigenvalue weighted by atomic mass is 9.54. The molecule has 3 heteroatoms. The Hall–Kier alpha value is -6.84. The van der Waals surface area contributed by atoms with Gasteiger partial charge >= 0.3 is 0 Å². The van der Waals surface area contributed by atoms with Gasteiger partial charge in [-0.3, -0.25) is 0 Å². The van der Waals surface area contributed by atoms with Crippen molar-refractivity contribution in [2.75, 3.05) is 0 Å². The van der Waals surface area contributed by atoms with E-state index in [-0.39, 0.29) is 10.8 Å². The maximum atomic E-state index is 5.26. The summed E-state index contributed by atoms with van der Waals surface area (Å²) in [6.45, 7) is 9.79. The van der Waals surface area contributed by atoms with Crippen LogP contribution in [0.3, 0.4) is 0 Å². The van der Waals surface area contributed by atoms with Gasteiger partial charge in [0.15, 0.2) is 5.82 Å². The van der Waals surface area contributed by atoms with Gasteiger partial charge in [0.05, 0.1) is 28.1 Å². The van der Waals surface area contributed by atoms with Gasteiger partial charge in [0.2, 0.25) is 0 Å². The zero-order valence-corrected chi connectivity index (χ0v) is 32.6. The van der Waals surface area contributed by atoms with Crippen LogP contribution >= 0.6 is 0 Å². The predicted molar refractivity (Wildman–Crippen MR) is 239 cm³/mol. The Morgan fingerprint density at radius 2 is 1.05 bits per heavy atom. The molecule has 0 atom stereocenters. The van der Waals surface area contributed by atoms with E-state index in [1.165, 1.54) is 60.2 Å². The van der Waals surface area contributed by atoms with Gasteiger partial charge in [-0.1, -0.05) is 185 Å². The minimum absolute atomic E-state index is 0.152. The predicted octanol–water partition coefficient (Wildman–Crippen LogP) is 14.1. The number of rotatable bonds is 4. The summed E-state index contributed by atoms with van der Waals surface area (Å²) < 4.78 is 2.56. The first-order valence-electron chi connectivity index (χ1n) is 19.9. The van der Waals surface area contributed by atoms with Crippen LogP contribution in [0.2, 0.25) is 0 Å². The van der Waals surface area contributed by atoms with Crippen molar-refractivity contribution in [3.8, 4) is 50.7 Å². The second kappa shape index (κ2) is 12.3. The molecule has 2 aromatic heterocycles. The molecule has 0 amide bonds. The normalized spacial score (nSPS) is 14.2. The van der Waals surface area contributed by atoms with Crippen LogP contribution in [-0.4, -0.2) is 14.5 Å². The molecule has 0 N–H and O–H groups in total. The number of nitrogens with zero attached hydrogens (tertiary/aromatic N) is 3. The van der Waals surface area contributed by atoms with Gasteiger partial charge in [0, 0.05) is 38.3 Å². The van der Waals surface area contributed by atoms with Crippen LogP contribution in [0, 0.1) is 0 Å². The van der Waals surface area contributed by atoms with E-state index in [1.807, 2.05) is 24.3 Å². The van der Waals surface area contributed by atoms with E-state index in [9.17, 15) is 0 Å². The second-order valence-electron chi connectivity index (χ2n) is 16.6. The first-order valence-corrected chi connectivity index (χ1v) is 19.9. The minimum atomic E-state index is -0.207. The molecule has 3 nitrogen and oxygen atoms in total. The number of hydrogen-bond donors (Lipinski definition) is 0. The Kier molecular flexibility index (Phi) is 7.25. The first kappa shape index (κ1) is 33.5. The Morgan fingerprint density at radius 3 is 1.82 bits per heavy atom. The Labute approximate surface area is 332 Å². The molecule has 57 heavy (non-hydrogen) atoms. The fourth-order valence-electron chi connectivity index (χ4n) is 9.64. The molecule has 0 unspecified atom stereocenters. The van der Waals surface area contributed by atoms with Crippen molar-refractivity contribution in [3.63, 3.8) is 0 Å². The summed E-state index contributed by atoms with van der Waals surface area (Å²) in [6, 6.07) is 63.6. The number of fused-ring (bicyclic) bond motifs is 10. The number of benzene rings is 8. The van der Waals surface area contributed by atoms with E-state index in [1.54, 1.807) is 0 Å². The van der Waals surface area contributed by atoms with Crippen molar-refractivity contribution in [1.29, 1.82) is 0 Å². The number of aromatic nitrogens is 3. The van der Waals surface area contributed by atoms with Crippen LogP contribution in [0.1, 0.15) is 38.8 Å². The van der Waals surface area contributed by atoms with E-state index >= 15 is 0 Å². The van der Waals surface area contributed by atoms with Gasteiger partial charge in [-0.25, -0.2) is 9.97 Å². The molecule has 10 aromatic rings. The van der Waals surface area contributed by atoms with Gasteiger partial charge < -0.3 is 4.57 Å². The molecule has 0 saturated heterocycles. The van der Waals surface area contributed by atoms with Crippen LogP contribution in [0.15, 0.2) is 176 Å². The van der Waals surface area contributed by atoms with Crippen molar-refractivity contribution < 1.29 is 0 Å². The maximum absolute atomic E-state index is 5.26. The molecule has 0 saturated carbocycles. The molecule has 0 aliphatic heterocycles. The Balaban J connectivity index is 1.22. The van der Waals surface area contributed by atoms with Crippen molar-refractivity contribution in [2.24, 2.45) is 0 Å². The summed E-state index contributed by atoms with van der Waals surface area (Å²) >= 11 is 0. The highest BCUT2D eigenvalue weighted by Gasteiger charge is 2.48. The third-order valence-corrected chi connectivity index (χ3v) is 13.1. The lowest BCUT2D eigenvalue weighted by Crippen LogP contribution is -2.44. The molecule has 8 aromatic carbocycles. The Morgan fingerprint density at radius 1 is 0.439 bits per heavy atom. The lowest BCUT2D eigenvalue weighted by molar-refractivity contribution is 0.301. The van der Waals surface area contributed by atoms with Crippen LogP contribution in [0.25, 0.3) is 94.1 Å². The van der Waals surface area contributed by atoms with Gasteiger partial charge in [0.25, 0.3) is 0 Å². The van der Waals surface area contributed by atoms with E-state index in [4.69, 9.17) is 9.97 Å². The lowest BCUT2D eigenvalue weighted by Gasteiger charge is -2.49. The number of para-hydroxylation sites is 1. The standard InChI is InChI=1S/C54H41N3/c1-53(2)44-31-27-34-17-11-12-22-37(34)49(44)43-29-28-42-41-25-15-16-26-47(41)57(51(42)50(43)54(53,3)4)48-32-30-39(38-23-13-14-24-40(38)48)46-33-45(35-18-7-5-8-19-35)55-52(56-46)36-20-9-6-10-21-36/h5-33H,1-4H3. The first-order chi connectivity index (χ1) is 27.8. The smallest absolute Gasteiger partial charge is 0.160 e. The summed E-state index contributed by atoms with van der Waals surface area (Å²) in [5.74, 6) is 0.715. The van der Waals surface area contributed by atoms with E-state index in [0.717, 1.165) is 39.2 Å². The Bertz CT molecular complexity index is 3170. The topological polar surface area (TPSA) is 30.7 Å². The van der Waals surface area contributed by atoms with Gasteiger partial charge in [-0.2, -0.15) is 0 Å². The fraction of sp³-hybridized carbons (Fsp3) is 0.111. The summed E-state index contributed by atoms with van der Waals surface area (Å²) in [6.07, 6.45) is 0. The molecule has 1 aliphatic carbocycles. The molecule has 0 spiro atoms. The molecule has 272 valence electrons. The second-order valence-corrected chi connectivity index (χ2v) is 16.6. The molecule has 2 heterocycles. The van der Waals surface area contributed by atoms with Gasteiger partial charge in [-0.05, 0) is 62.0 Å². The summed E-state index contributed by atoms with van der Waals surface area (Å²) in [4.78, 5) is 10.4. The monoisotopic (exact) mass is 731 g/mol. The van der Waals surface area contributed by atoms with E-state index in [0.29, 0.717) is 5.82 Å². The largest absolute Gasteiger partial charge is 0.308 e. The maximum Gasteiger partial charge on any atom is 0.160 e. The third kappa shape index (κ3) is 4.85. The zero-order valence-electron chi connectivity index (χ0n) is 32.6. The highest BCUT2D eigenvalue weighted by molar-refractivity contribution is 6.15. The quantitative estimate of drug-likeness (QED) is 0.180. The molecule has 1 aliphatic rings.